The number of hydrogen-bond donors (Lipinski definition) is 1. The minimum Gasteiger partial charge on any atom is -0.477 e. The lowest BCUT2D eigenvalue weighted by molar-refractivity contribution is -0.114. The molecule has 21 heavy (non-hydrogen) atoms. The molecule has 1 aliphatic carbocycles. The number of amides is 1. The van der Waals surface area contributed by atoms with Gasteiger partial charge >= 0.3 is 0 Å². The number of aromatic nitrogens is 1. The maximum Gasteiger partial charge on any atom is 0.221 e. The SMILES string of the molecule is CC(=O)Nc1cnc2c(c1C1=C/C=C\C=C/C=C1)CCO2. The van der Waals surface area contributed by atoms with Crippen LogP contribution in [0.1, 0.15) is 18.1 Å². The number of allylic oxidation sites excluding steroid dienone is 8. The first-order valence-electron chi connectivity index (χ1n) is 6.90. The number of pyridine rings is 1. The van der Waals surface area contributed by atoms with Crippen molar-refractivity contribution in [1.29, 1.82) is 0 Å². The topological polar surface area (TPSA) is 51.2 Å². The number of carbonyl (C=O) groups excluding carboxylic acids is 1. The van der Waals surface area contributed by atoms with Gasteiger partial charge in [0.25, 0.3) is 0 Å². The van der Waals surface area contributed by atoms with E-state index in [1.54, 1.807) is 6.20 Å². The maximum absolute atomic E-state index is 11.4. The van der Waals surface area contributed by atoms with Gasteiger partial charge in [-0.1, -0.05) is 42.5 Å². The van der Waals surface area contributed by atoms with Gasteiger partial charge in [-0.05, 0) is 5.57 Å². The second-order valence-electron chi connectivity index (χ2n) is 4.86. The average molecular weight is 280 g/mol. The van der Waals surface area contributed by atoms with Gasteiger partial charge in [0, 0.05) is 24.5 Å². The van der Waals surface area contributed by atoms with E-state index in [0.717, 1.165) is 28.8 Å². The maximum atomic E-state index is 11.4. The Bertz CT molecular complexity index is 697. The molecule has 106 valence electrons. The molecule has 0 saturated heterocycles. The van der Waals surface area contributed by atoms with E-state index in [4.69, 9.17) is 4.74 Å². The molecule has 0 saturated carbocycles. The highest BCUT2D eigenvalue weighted by Gasteiger charge is 2.22. The van der Waals surface area contributed by atoms with Gasteiger partial charge in [0.05, 0.1) is 18.5 Å². The van der Waals surface area contributed by atoms with Crippen LogP contribution in [-0.4, -0.2) is 17.5 Å². The van der Waals surface area contributed by atoms with Crippen LogP contribution < -0.4 is 10.1 Å². The van der Waals surface area contributed by atoms with Crippen LogP contribution in [0.2, 0.25) is 0 Å². The number of nitrogens with one attached hydrogen (secondary N) is 1. The van der Waals surface area contributed by atoms with Crippen molar-refractivity contribution < 1.29 is 9.53 Å². The molecule has 1 amide bonds. The number of carbonyl (C=O) groups is 1. The summed E-state index contributed by atoms with van der Waals surface area (Å²) in [6.45, 7) is 2.13. The van der Waals surface area contributed by atoms with Gasteiger partial charge in [-0.2, -0.15) is 0 Å². The minimum absolute atomic E-state index is 0.109. The van der Waals surface area contributed by atoms with E-state index in [2.05, 4.69) is 10.3 Å². The molecular weight excluding hydrogens is 264 g/mol. The summed E-state index contributed by atoms with van der Waals surface area (Å²) in [4.78, 5) is 15.7. The summed E-state index contributed by atoms with van der Waals surface area (Å²) in [7, 11) is 0. The number of fused-ring (bicyclic) bond motifs is 1. The van der Waals surface area contributed by atoms with Crippen LogP contribution in [-0.2, 0) is 11.2 Å². The van der Waals surface area contributed by atoms with Crippen LogP contribution in [0.5, 0.6) is 5.88 Å². The zero-order valence-electron chi connectivity index (χ0n) is 11.8. The number of nitrogens with zero attached hydrogens (tertiary/aromatic N) is 1. The van der Waals surface area contributed by atoms with Crippen LogP contribution in [0.4, 0.5) is 5.69 Å². The van der Waals surface area contributed by atoms with Crippen LogP contribution in [0.15, 0.2) is 48.7 Å². The molecule has 0 fully saturated rings. The molecule has 4 heteroatoms. The second kappa shape index (κ2) is 5.79. The minimum atomic E-state index is -0.109. The zero-order chi connectivity index (χ0) is 14.7. The van der Waals surface area contributed by atoms with Crippen molar-refractivity contribution in [2.75, 3.05) is 11.9 Å². The summed E-state index contributed by atoms with van der Waals surface area (Å²) in [6.07, 6.45) is 16.4. The van der Waals surface area contributed by atoms with Gasteiger partial charge < -0.3 is 10.1 Å². The smallest absolute Gasteiger partial charge is 0.221 e. The molecular formula is C17H16N2O2. The lowest BCUT2D eigenvalue weighted by Gasteiger charge is -2.14. The van der Waals surface area contributed by atoms with Gasteiger partial charge in [0.15, 0.2) is 0 Å². The van der Waals surface area contributed by atoms with Gasteiger partial charge in [-0.3, -0.25) is 4.79 Å². The van der Waals surface area contributed by atoms with Gasteiger partial charge in [0.2, 0.25) is 11.8 Å². The Morgan fingerprint density at radius 3 is 2.90 bits per heavy atom. The third kappa shape index (κ3) is 2.79. The molecule has 0 radical (unpaired) electrons. The highest BCUT2D eigenvalue weighted by atomic mass is 16.5. The summed E-state index contributed by atoms with van der Waals surface area (Å²) < 4.78 is 5.54. The summed E-state index contributed by atoms with van der Waals surface area (Å²) >= 11 is 0. The monoisotopic (exact) mass is 280 g/mol. The summed E-state index contributed by atoms with van der Waals surface area (Å²) in [5, 5.41) is 2.86. The summed E-state index contributed by atoms with van der Waals surface area (Å²) in [6, 6.07) is 0. The van der Waals surface area contributed by atoms with Crippen molar-refractivity contribution in [2.24, 2.45) is 0 Å². The van der Waals surface area contributed by atoms with E-state index in [9.17, 15) is 4.79 Å². The molecule has 0 atom stereocenters. The fourth-order valence-corrected chi connectivity index (χ4v) is 2.49. The van der Waals surface area contributed by atoms with Crippen molar-refractivity contribution in [3.63, 3.8) is 0 Å². The Kier molecular flexibility index (Phi) is 3.69. The number of ether oxygens (including phenoxy) is 1. The molecule has 2 heterocycles. The van der Waals surface area contributed by atoms with Gasteiger partial charge in [-0.15, -0.1) is 0 Å². The van der Waals surface area contributed by atoms with Crippen molar-refractivity contribution in [3.05, 3.63) is 59.9 Å². The van der Waals surface area contributed by atoms with E-state index in [1.165, 1.54) is 6.92 Å². The normalized spacial score (nSPS) is 18.8. The predicted octanol–water partition coefficient (Wildman–Crippen LogP) is 3.04. The standard InChI is InChI=1S/C17H16N2O2/c1-12(20)19-15-11-18-17-14(9-10-21-17)16(15)13-7-5-3-2-4-6-8-13/h2-8,11H,9-10H2,1H3,(H,19,20)/b3-2-,4-2?,5-3?,6-4-,7-5?,8-6?,13-7?,13-8?. The van der Waals surface area contributed by atoms with Crippen molar-refractivity contribution >= 4 is 17.2 Å². The number of hydrogen-bond acceptors (Lipinski definition) is 3. The summed E-state index contributed by atoms with van der Waals surface area (Å²) in [5.41, 5.74) is 3.79. The summed E-state index contributed by atoms with van der Waals surface area (Å²) in [5.74, 6) is 0.553. The Balaban J connectivity index is 2.14. The first-order valence-corrected chi connectivity index (χ1v) is 6.90. The van der Waals surface area contributed by atoms with Crippen LogP contribution in [0.3, 0.4) is 0 Å². The molecule has 0 bridgehead atoms. The molecule has 3 rings (SSSR count). The molecule has 1 aromatic rings. The van der Waals surface area contributed by atoms with E-state index in [0.29, 0.717) is 12.5 Å². The van der Waals surface area contributed by atoms with E-state index < -0.39 is 0 Å². The quantitative estimate of drug-likeness (QED) is 0.906. The lowest BCUT2D eigenvalue weighted by atomic mass is 9.96. The van der Waals surface area contributed by atoms with Gasteiger partial charge in [-0.25, -0.2) is 4.98 Å². The Labute approximate surface area is 123 Å². The number of rotatable bonds is 2. The Morgan fingerprint density at radius 2 is 2.05 bits per heavy atom. The Morgan fingerprint density at radius 1 is 1.24 bits per heavy atom. The first kappa shape index (κ1) is 13.4. The highest BCUT2D eigenvalue weighted by Crippen LogP contribution is 2.36. The third-order valence-corrected chi connectivity index (χ3v) is 3.33. The van der Waals surface area contributed by atoms with Crippen LogP contribution >= 0.6 is 0 Å². The van der Waals surface area contributed by atoms with E-state index >= 15 is 0 Å². The fraction of sp³-hybridized carbons (Fsp3) is 0.176. The largest absolute Gasteiger partial charge is 0.477 e. The van der Waals surface area contributed by atoms with Crippen LogP contribution in [0, 0.1) is 0 Å². The van der Waals surface area contributed by atoms with E-state index in [1.807, 2.05) is 42.5 Å². The fourth-order valence-electron chi connectivity index (χ4n) is 2.49. The van der Waals surface area contributed by atoms with Crippen molar-refractivity contribution in [3.8, 4) is 5.88 Å². The average Bonchev–Trinajstić information content (AvgIpc) is 2.87. The first-order chi connectivity index (χ1) is 10.3. The molecule has 0 unspecified atom stereocenters. The zero-order valence-corrected chi connectivity index (χ0v) is 11.8. The second-order valence-corrected chi connectivity index (χ2v) is 4.86. The van der Waals surface area contributed by atoms with Crippen molar-refractivity contribution in [1.82, 2.24) is 4.98 Å². The predicted molar refractivity (Wildman–Crippen MR) is 83.1 cm³/mol. The number of anilines is 1. The molecule has 0 spiro atoms. The molecule has 0 aromatic carbocycles. The van der Waals surface area contributed by atoms with Crippen molar-refractivity contribution in [2.45, 2.75) is 13.3 Å². The molecule has 1 N–H and O–H groups in total. The lowest BCUT2D eigenvalue weighted by Crippen LogP contribution is -2.09. The molecule has 4 nitrogen and oxygen atoms in total. The molecule has 2 aliphatic rings. The third-order valence-electron chi connectivity index (χ3n) is 3.33. The Hall–Kier alpha value is -2.62. The van der Waals surface area contributed by atoms with Crippen LogP contribution in [0.25, 0.3) is 5.57 Å². The highest BCUT2D eigenvalue weighted by molar-refractivity contribution is 5.95. The molecule has 1 aromatic heterocycles. The van der Waals surface area contributed by atoms with E-state index in [-0.39, 0.29) is 5.91 Å². The van der Waals surface area contributed by atoms with Gasteiger partial charge in [0.1, 0.15) is 0 Å². The molecule has 1 aliphatic heterocycles.